The van der Waals surface area contributed by atoms with Crippen molar-refractivity contribution in [3.63, 3.8) is 0 Å². The number of nitrogens with zero attached hydrogens (tertiary/aromatic N) is 1. The molecule has 1 saturated heterocycles. The minimum atomic E-state index is -0.452. The molecule has 132 valence electrons. The Kier molecular flexibility index (Phi) is 4.00. The Hall–Kier alpha value is -2.34. The number of allylic oxidation sites excluding steroid dienone is 1. The number of hydrogen-bond donors (Lipinski definition) is 2. The van der Waals surface area contributed by atoms with Crippen LogP contribution in [0, 0.1) is 0 Å². The molecule has 1 aliphatic carbocycles. The van der Waals surface area contributed by atoms with Gasteiger partial charge in [-0.05, 0) is 55.9 Å². The van der Waals surface area contributed by atoms with Crippen molar-refractivity contribution in [3.8, 4) is 5.75 Å². The Labute approximate surface area is 146 Å². The molecule has 1 unspecified atom stereocenters. The molecule has 0 spiro atoms. The number of carbonyl (C=O) groups is 2. The van der Waals surface area contributed by atoms with E-state index in [0.29, 0.717) is 36.4 Å². The van der Waals surface area contributed by atoms with Crippen LogP contribution in [0.15, 0.2) is 30.5 Å². The van der Waals surface area contributed by atoms with E-state index in [4.69, 9.17) is 4.74 Å². The fraction of sp³-hybridized carbons (Fsp3) is 0.474. The van der Waals surface area contributed by atoms with Crippen LogP contribution in [0.5, 0.6) is 5.75 Å². The number of aliphatic hydroxyl groups excluding tert-OH is 1. The van der Waals surface area contributed by atoms with Gasteiger partial charge in [-0.15, -0.1) is 0 Å². The number of nitrogens with one attached hydrogen (secondary N) is 1. The third-order valence-corrected chi connectivity index (χ3v) is 5.31. The van der Waals surface area contributed by atoms with Gasteiger partial charge >= 0.3 is 0 Å². The molecule has 0 radical (unpaired) electrons. The average molecular weight is 342 g/mol. The number of benzene rings is 1. The number of amides is 2. The Morgan fingerprint density at radius 2 is 2.08 bits per heavy atom. The number of fused-ring (bicyclic) bond motifs is 1. The van der Waals surface area contributed by atoms with Crippen LogP contribution in [0.2, 0.25) is 0 Å². The first-order chi connectivity index (χ1) is 12.0. The lowest BCUT2D eigenvalue weighted by Crippen LogP contribution is -2.49. The van der Waals surface area contributed by atoms with Gasteiger partial charge in [-0.1, -0.05) is 6.58 Å². The quantitative estimate of drug-likeness (QED) is 0.877. The van der Waals surface area contributed by atoms with Crippen LogP contribution in [0.1, 0.15) is 48.0 Å². The van der Waals surface area contributed by atoms with Crippen molar-refractivity contribution in [1.82, 2.24) is 10.2 Å². The summed E-state index contributed by atoms with van der Waals surface area (Å²) in [5, 5.41) is 12.6. The standard InChI is InChI=1S/C19H22N2O4/c1-11-5-8-15(18(23)20-11)21-10-12-9-13(6-7-14(12)19(21)24)25-17-4-2-3-16(17)22/h6-7,9,15-17,22H,1-5,8,10H2,(H,20,23)/t15?,16-,17-/m0/s1. The van der Waals surface area contributed by atoms with Crippen LogP contribution >= 0.6 is 0 Å². The van der Waals surface area contributed by atoms with E-state index in [1.54, 1.807) is 17.0 Å². The number of rotatable bonds is 3. The zero-order valence-electron chi connectivity index (χ0n) is 14.0. The van der Waals surface area contributed by atoms with Crippen molar-refractivity contribution in [2.75, 3.05) is 0 Å². The second-order valence-corrected chi connectivity index (χ2v) is 7.05. The highest BCUT2D eigenvalue weighted by molar-refractivity contribution is 6.01. The van der Waals surface area contributed by atoms with Crippen molar-refractivity contribution in [1.29, 1.82) is 0 Å². The summed E-state index contributed by atoms with van der Waals surface area (Å²) in [5.74, 6) is 0.388. The lowest BCUT2D eigenvalue weighted by Gasteiger charge is -2.30. The minimum absolute atomic E-state index is 0.116. The van der Waals surface area contributed by atoms with Crippen LogP contribution in [-0.2, 0) is 11.3 Å². The van der Waals surface area contributed by atoms with Crippen molar-refractivity contribution >= 4 is 11.8 Å². The van der Waals surface area contributed by atoms with Gasteiger partial charge in [-0.2, -0.15) is 0 Å². The molecule has 2 aliphatic heterocycles. The first kappa shape index (κ1) is 16.1. The molecule has 2 N–H and O–H groups in total. The van der Waals surface area contributed by atoms with Gasteiger partial charge < -0.3 is 20.1 Å². The molecule has 2 amide bonds. The zero-order valence-corrected chi connectivity index (χ0v) is 14.0. The number of aliphatic hydroxyl groups is 1. The Morgan fingerprint density at radius 1 is 1.24 bits per heavy atom. The fourth-order valence-electron chi connectivity index (χ4n) is 3.92. The number of carbonyl (C=O) groups excluding carboxylic acids is 2. The van der Waals surface area contributed by atoms with Crippen molar-refractivity contribution in [3.05, 3.63) is 41.6 Å². The van der Waals surface area contributed by atoms with Crippen LogP contribution in [0.25, 0.3) is 0 Å². The molecular weight excluding hydrogens is 320 g/mol. The highest BCUT2D eigenvalue weighted by Crippen LogP contribution is 2.32. The molecule has 25 heavy (non-hydrogen) atoms. The molecule has 4 rings (SSSR count). The Balaban J connectivity index is 1.51. The molecule has 6 heteroatoms. The highest BCUT2D eigenvalue weighted by atomic mass is 16.5. The smallest absolute Gasteiger partial charge is 0.255 e. The molecule has 2 fully saturated rings. The summed E-state index contributed by atoms with van der Waals surface area (Å²) in [6.45, 7) is 4.18. The summed E-state index contributed by atoms with van der Waals surface area (Å²) in [5.41, 5.74) is 2.19. The fourth-order valence-corrected chi connectivity index (χ4v) is 3.92. The largest absolute Gasteiger partial charge is 0.488 e. The topological polar surface area (TPSA) is 78.9 Å². The normalized spacial score (nSPS) is 28.9. The number of piperidine rings is 1. The maximum absolute atomic E-state index is 12.7. The predicted molar refractivity (Wildman–Crippen MR) is 90.9 cm³/mol. The van der Waals surface area contributed by atoms with Gasteiger partial charge in [-0.3, -0.25) is 9.59 Å². The third kappa shape index (κ3) is 2.91. The maximum atomic E-state index is 12.7. The predicted octanol–water partition coefficient (Wildman–Crippen LogP) is 1.73. The number of ether oxygens (including phenoxy) is 1. The van der Waals surface area contributed by atoms with Gasteiger partial charge in [0.2, 0.25) is 5.91 Å². The molecular formula is C19H22N2O4. The van der Waals surface area contributed by atoms with E-state index in [-0.39, 0.29) is 17.9 Å². The van der Waals surface area contributed by atoms with E-state index in [1.165, 1.54) is 0 Å². The lowest BCUT2D eigenvalue weighted by molar-refractivity contribution is -0.126. The first-order valence-electron chi connectivity index (χ1n) is 8.80. The first-order valence-corrected chi connectivity index (χ1v) is 8.80. The van der Waals surface area contributed by atoms with Crippen LogP contribution < -0.4 is 10.1 Å². The van der Waals surface area contributed by atoms with Crippen molar-refractivity contribution in [2.45, 2.75) is 56.9 Å². The van der Waals surface area contributed by atoms with Gasteiger partial charge in [0.1, 0.15) is 17.9 Å². The highest BCUT2D eigenvalue weighted by Gasteiger charge is 2.38. The molecule has 0 bridgehead atoms. The lowest BCUT2D eigenvalue weighted by atomic mass is 10.0. The maximum Gasteiger partial charge on any atom is 0.255 e. The SMILES string of the molecule is C=C1CCC(N2Cc3cc(O[C@H]4CCC[C@@H]4O)ccc3C2=O)C(=O)N1. The van der Waals surface area contributed by atoms with E-state index in [9.17, 15) is 14.7 Å². The Morgan fingerprint density at radius 3 is 2.80 bits per heavy atom. The monoisotopic (exact) mass is 342 g/mol. The summed E-state index contributed by atoms with van der Waals surface area (Å²) in [6.07, 6.45) is 3.25. The van der Waals surface area contributed by atoms with Crippen LogP contribution in [0.3, 0.4) is 0 Å². The molecule has 3 aliphatic rings. The van der Waals surface area contributed by atoms with Gasteiger partial charge in [-0.25, -0.2) is 0 Å². The summed E-state index contributed by atoms with van der Waals surface area (Å²) in [7, 11) is 0. The van der Waals surface area contributed by atoms with Gasteiger partial charge in [0.25, 0.3) is 5.91 Å². The van der Waals surface area contributed by atoms with Gasteiger partial charge in [0.05, 0.1) is 6.10 Å². The van der Waals surface area contributed by atoms with Gasteiger partial charge in [0, 0.05) is 17.8 Å². The summed E-state index contributed by atoms with van der Waals surface area (Å²) < 4.78 is 5.89. The second kappa shape index (κ2) is 6.19. The molecule has 1 aromatic rings. The number of hydrogen-bond acceptors (Lipinski definition) is 4. The molecule has 6 nitrogen and oxygen atoms in total. The van der Waals surface area contributed by atoms with E-state index in [1.807, 2.05) is 6.07 Å². The minimum Gasteiger partial charge on any atom is -0.488 e. The van der Waals surface area contributed by atoms with Crippen LogP contribution in [-0.4, -0.2) is 40.1 Å². The van der Waals surface area contributed by atoms with Crippen LogP contribution in [0.4, 0.5) is 0 Å². The molecule has 3 atom stereocenters. The summed E-state index contributed by atoms with van der Waals surface area (Å²) in [4.78, 5) is 26.5. The van der Waals surface area contributed by atoms with Gasteiger partial charge in [0.15, 0.2) is 0 Å². The average Bonchev–Trinajstić information content (AvgIpc) is 3.12. The van der Waals surface area contributed by atoms with E-state index < -0.39 is 12.1 Å². The molecule has 1 aromatic carbocycles. The zero-order chi connectivity index (χ0) is 17.6. The third-order valence-electron chi connectivity index (χ3n) is 5.31. The molecule has 2 heterocycles. The second-order valence-electron chi connectivity index (χ2n) is 7.05. The van der Waals surface area contributed by atoms with Crippen molar-refractivity contribution < 1.29 is 19.4 Å². The molecule has 1 saturated carbocycles. The molecule has 0 aromatic heterocycles. The Bertz CT molecular complexity index is 745. The van der Waals surface area contributed by atoms with E-state index >= 15 is 0 Å². The van der Waals surface area contributed by atoms with E-state index in [2.05, 4.69) is 11.9 Å². The summed E-state index contributed by atoms with van der Waals surface area (Å²) in [6, 6.07) is 4.94. The summed E-state index contributed by atoms with van der Waals surface area (Å²) >= 11 is 0. The van der Waals surface area contributed by atoms with Crippen molar-refractivity contribution in [2.24, 2.45) is 0 Å². The van der Waals surface area contributed by atoms with E-state index in [0.717, 1.165) is 24.8 Å².